The summed E-state index contributed by atoms with van der Waals surface area (Å²) in [6, 6.07) is 6.85. The highest BCUT2D eigenvalue weighted by Gasteiger charge is 2.07. The second-order valence-corrected chi connectivity index (χ2v) is 4.74. The van der Waals surface area contributed by atoms with Crippen LogP contribution < -0.4 is 11.1 Å². The molecule has 2 aromatic heterocycles. The van der Waals surface area contributed by atoms with E-state index >= 15 is 0 Å². The molecule has 21 heavy (non-hydrogen) atoms. The molecule has 0 saturated carbocycles. The molecular formula is C14H15FN6. The van der Waals surface area contributed by atoms with Crippen LogP contribution in [-0.2, 0) is 13.1 Å². The van der Waals surface area contributed by atoms with Gasteiger partial charge in [-0.3, -0.25) is 0 Å². The topological polar surface area (TPSA) is 81.1 Å². The van der Waals surface area contributed by atoms with Crippen molar-refractivity contribution in [2.75, 3.05) is 5.32 Å². The molecule has 0 aliphatic carbocycles. The average Bonchev–Trinajstić information content (AvgIpc) is 2.93. The molecule has 0 spiro atoms. The minimum Gasteiger partial charge on any atom is -0.366 e. The number of aromatic nitrogens is 4. The normalized spacial score (nSPS) is 11.0. The number of nitrogens with two attached hydrogens (primary N) is 1. The van der Waals surface area contributed by atoms with E-state index < -0.39 is 0 Å². The fourth-order valence-corrected chi connectivity index (χ4v) is 2.10. The van der Waals surface area contributed by atoms with Crippen molar-refractivity contribution in [1.82, 2.24) is 19.6 Å². The van der Waals surface area contributed by atoms with Gasteiger partial charge in [0, 0.05) is 30.4 Å². The Morgan fingerprint density at radius 3 is 2.95 bits per heavy atom. The third-order valence-electron chi connectivity index (χ3n) is 3.19. The van der Waals surface area contributed by atoms with E-state index in [4.69, 9.17) is 5.73 Å². The predicted molar refractivity (Wildman–Crippen MR) is 77.1 cm³/mol. The van der Waals surface area contributed by atoms with Crippen LogP contribution >= 0.6 is 0 Å². The third-order valence-corrected chi connectivity index (χ3v) is 3.19. The van der Waals surface area contributed by atoms with E-state index in [1.54, 1.807) is 10.6 Å². The minimum atomic E-state index is -0.272. The van der Waals surface area contributed by atoms with Gasteiger partial charge in [0.2, 0.25) is 0 Å². The van der Waals surface area contributed by atoms with Crippen molar-refractivity contribution in [3.8, 4) is 0 Å². The van der Waals surface area contributed by atoms with Gasteiger partial charge in [-0.2, -0.15) is 14.6 Å². The Kier molecular flexibility index (Phi) is 3.49. The molecule has 0 aliphatic heterocycles. The number of anilines is 1. The van der Waals surface area contributed by atoms with Crippen molar-refractivity contribution in [3.63, 3.8) is 0 Å². The first-order chi connectivity index (χ1) is 10.2. The quantitative estimate of drug-likeness (QED) is 0.762. The van der Waals surface area contributed by atoms with Crippen molar-refractivity contribution < 1.29 is 4.39 Å². The SMILES string of the molecule is Cc1cc(NCc2ccc(CN)cc2F)n2ncnc2n1. The van der Waals surface area contributed by atoms with Crippen LogP contribution in [0.1, 0.15) is 16.8 Å². The molecule has 0 radical (unpaired) electrons. The van der Waals surface area contributed by atoms with Crippen LogP contribution in [0.5, 0.6) is 0 Å². The Labute approximate surface area is 120 Å². The lowest BCUT2D eigenvalue weighted by Crippen LogP contribution is -2.08. The molecule has 0 saturated heterocycles. The highest BCUT2D eigenvalue weighted by molar-refractivity contribution is 5.45. The summed E-state index contributed by atoms with van der Waals surface area (Å²) in [5, 5.41) is 7.25. The second-order valence-electron chi connectivity index (χ2n) is 4.74. The van der Waals surface area contributed by atoms with Crippen LogP contribution in [0.25, 0.3) is 5.78 Å². The van der Waals surface area contributed by atoms with Gasteiger partial charge in [-0.15, -0.1) is 0 Å². The van der Waals surface area contributed by atoms with Crippen molar-refractivity contribution in [2.24, 2.45) is 5.73 Å². The maximum atomic E-state index is 13.9. The zero-order valence-corrected chi connectivity index (χ0v) is 11.5. The van der Waals surface area contributed by atoms with Crippen LogP contribution in [0, 0.1) is 12.7 Å². The van der Waals surface area contributed by atoms with Crippen molar-refractivity contribution in [3.05, 3.63) is 53.2 Å². The maximum Gasteiger partial charge on any atom is 0.254 e. The van der Waals surface area contributed by atoms with E-state index in [1.165, 1.54) is 12.4 Å². The van der Waals surface area contributed by atoms with E-state index in [0.29, 0.717) is 24.4 Å². The first kappa shape index (κ1) is 13.4. The molecule has 6 nitrogen and oxygen atoms in total. The van der Waals surface area contributed by atoms with Gasteiger partial charge in [-0.1, -0.05) is 12.1 Å². The smallest absolute Gasteiger partial charge is 0.254 e. The molecule has 0 aliphatic rings. The predicted octanol–water partition coefficient (Wildman–Crippen LogP) is 1.64. The van der Waals surface area contributed by atoms with Crippen molar-refractivity contribution in [1.29, 1.82) is 0 Å². The van der Waals surface area contributed by atoms with Crippen LogP contribution in [-0.4, -0.2) is 19.6 Å². The molecule has 1 aromatic carbocycles. The number of rotatable bonds is 4. The summed E-state index contributed by atoms with van der Waals surface area (Å²) in [5.74, 6) is 0.958. The Morgan fingerprint density at radius 2 is 2.19 bits per heavy atom. The molecule has 3 N–H and O–H groups in total. The van der Waals surface area contributed by atoms with Crippen molar-refractivity contribution in [2.45, 2.75) is 20.0 Å². The monoisotopic (exact) mass is 286 g/mol. The van der Waals surface area contributed by atoms with Gasteiger partial charge < -0.3 is 11.1 Å². The van der Waals surface area contributed by atoms with Crippen molar-refractivity contribution >= 4 is 11.6 Å². The van der Waals surface area contributed by atoms with E-state index in [2.05, 4.69) is 20.4 Å². The number of nitrogens with zero attached hydrogens (tertiary/aromatic N) is 4. The highest BCUT2D eigenvalue weighted by atomic mass is 19.1. The fraction of sp³-hybridized carbons (Fsp3) is 0.214. The molecule has 0 atom stereocenters. The van der Waals surface area contributed by atoms with E-state index in [1.807, 2.05) is 19.1 Å². The number of fused-ring (bicyclic) bond motifs is 1. The summed E-state index contributed by atoms with van der Waals surface area (Å²) in [6.45, 7) is 2.54. The Hall–Kier alpha value is -2.54. The Balaban J connectivity index is 1.85. The number of nitrogens with one attached hydrogen (secondary N) is 1. The number of hydrogen-bond acceptors (Lipinski definition) is 5. The van der Waals surface area contributed by atoms with Gasteiger partial charge >= 0.3 is 0 Å². The molecule has 108 valence electrons. The number of halogens is 1. The number of aryl methyl sites for hydroxylation is 1. The summed E-state index contributed by atoms with van der Waals surface area (Å²) in [4.78, 5) is 8.30. The summed E-state index contributed by atoms with van der Waals surface area (Å²) in [7, 11) is 0. The lowest BCUT2D eigenvalue weighted by atomic mass is 10.1. The van der Waals surface area contributed by atoms with E-state index in [-0.39, 0.29) is 5.82 Å². The zero-order valence-electron chi connectivity index (χ0n) is 11.5. The molecule has 0 unspecified atom stereocenters. The largest absolute Gasteiger partial charge is 0.366 e. The number of hydrogen-bond donors (Lipinski definition) is 2. The summed E-state index contributed by atoms with van der Waals surface area (Å²) in [5.41, 5.74) is 7.65. The first-order valence-electron chi connectivity index (χ1n) is 6.56. The minimum absolute atomic E-state index is 0.272. The average molecular weight is 286 g/mol. The molecule has 3 aromatic rings. The maximum absolute atomic E-state index is 13.9. The second kappa shape index (κ2) is 5.45. The summed E-state index contributed by atoms with van der Waals surface area (Å²) < 4.78 is 15.5. The molecular weight excluding hydrogens is 271 g/mol. The van der Waals surface area contributed by atoms with Gasteiger partial charge in [0.1, 0.15) is 18.0 Å². The Bertz CT molecular complexity index is 782. The fourth-order valence-electron chi connectivity index (χ4n) is 2.10. The van der Waals surface area contributed by atoms with Crippen LogP contribution in [0.15, 0.2) is 30.6 Å². The lowest BCUT2D eigenvalue weighted by Gasteiger charge is -2.10. The van der Waals surface area contributed by atoms with Gasteiger partial charge in [0.15, 0.2) is 0 Å². The van der Waals surface area contributed by atoms with Gasteiger partial charge in [0.05, 0.1) is 0 Å². The molecule has 0 bridgehead atoms. The molecule has 2 heterocycles. The zero-order chi connectivity index (χ0) is 14.8. The van der Waals surface area contributed by atoms with E-state index in [0.717, 1.165) is 17.1 Å². The van der Waals surface area contributed by atoms with Crippen LogP contribution in [0.3, 0.4) is 0 Å². The van der Waals surface area contributed by atoms with E-state index in [9.17, 15) is 4.39 Å². The van der Waals surface area contributed by atoms with Crippen LogP contribution in [0.4, 0.5) is 10.2 Å². The molecule has 7 heteroatoms. The molecule has 0 amide bonds. The highest BCUT2D eigenvalue weighted by Crippen LogP contribution is 2.14. The lowest BCUT2D eigenvalue weighted by molar-refractivity contribution is 0.610. The van der Waals surface area contributed by atoms with Gasteiger partial charge in [-0.05, 0) is 18.6 Å². The standard InChI is InChI=1S/C14H15FN6/c1-9-4-13(21-14(20-9)18-8-19-21)17-7-11-3-2-10(6-16)5-12(11)15/h2-5,8,17H,6-7,16H2,1H3. The van der Waals surface area contributed by atoms with Crippen LogP contribution in [0.2, 0.25) is 0 Å². The number of benzene rings is 1. The molecule has 0 fully saturated rings. The third kappa shape index (κ3) is 2.68. The Morgan fingerprint density at radius 1 is 1.33 bits per heavy atom. The molecule has 3 rings (SSSR count). The first-order valence-corrected chi connectivity index (χ1v) is 6.56. The summed E-state index contributed by atoms with van der Waals surface area (Å²) in [6.07, 6.45) is 1.43. The summed E-state index contributed by atoms with van der Waals surface area (Å²) >= 11 is 0. The van der Waals surface area contributed by atoms with Gasteiger partial charge in [-0.25, -0.2) is 9.37 Å². The van der Waals surface area contributed by atoms with Gasteiger partial charge in [0.25, 0.3) is 5.78 Å².